The van der Waals surface area contributed by atoms with E-state index in [2.05, 4.69) is 26.2 Å². The molecule has 1 N–H and O–H groups in total. The lowest BCUT2D eigenvalue weighted by atomic mass is 10.2. The molecule has 1 aromatic heterocycles. The van der Waals surface area contributed by atoms with E-state index in [0.717, 1.165) is 4.47 Å². The minimum absolute atomic E-state index is 0.0595. The number of carbonyl (C=O) groups is 1. The number of aryl methyl sites for hydroxylation is 1. The Kier molecular flexibility index (Phi) is 5.96. The van der Waals surface area contributed by atoms with Crippen LogP contribution in [-0.4, -0.2) is 21.2 Å². The predicted octanol–water partition coefficient (Wildman–Crippen LogP) is 4.36. The highest BCUT2D eigenvalue weighted by molar-refractivity contribution is 9.10. The molecule has 0 aliphatic carbocycles. The molecule has 0 aliphatic rings. The number of hydrogen-bond acceptors (Lipinski definition) is 4. The molecule has 5 nitrogen and oxygen atoms in total. The fourth-order valence-corrected chi connectivity index (χ4v) is 3.78. The molecule has 0 spiro atoms. The Hall–Kier alpha value is -2.19. The number of anilines is 1. The van der Waals surface area contributed by atoms with Crippen LogP contribution in [0.25, 0.3) is 10.9 Å². The van der Waals surface area contributed by atoms with Crippen LogP contribution < -0.4 is 10.9 Å². The van der Waals surface area contributed by atoms with Gasteiger partial charge < -0.3 is 5.32 Å². The Morgan fingerprint density at radius 3 is 2.78 bits per heavy atom. The number of rotatable bonds is 5. The van der Waals surface area contributed by atoms with Gasteiger partial charge >= 0.3 is 0 Å². The van der Waals surface area contributed by atoms with Gasteiger partial charge in [0, 0.05) is 16.7 Å². The fraction of sp³-hybridized carbons (Fsp3) is 0.211. The van der Waals surface area contributed by atoms with Gasteiger partial charge in [0.25, 0.3) is 5.56 Å². The number of nitrogens with one attached hydrogen (secondary N) is 1. The number of fused-ring (bicyclic) bond motifs is 1. The normalized spacial score (nSPS) is 11.0. The van der Waals surface area contributed by atoms with Crippen LogP contribution in [0.5, 0.6) is 0 Å². The smallest absolute Gasteiger partial charge is 0.262 e. The van der Waals surface area contributed by atoms with Crippen LogP contribution in [0.3, 0.4) is 0 Å². The zero-order valence-corrected chi connectivity index (χ0v) is 17.2. The zero-order chi connectivity index (χ0) is 19.6. The molecule has 1 amide bonds. The lowest BCUT2D eigenvalue weighted by Gasteiger charge is -2.11. The number of hydrogen-bond donors (Lipinski definition) is 1. The molecule has 3 rings (SSSR count). The number of halogens is 2. The monoisotopic (exact) mass is 449 g/mol. The van der Waals surface area contributed by atoms with Gasteiger partial charge in [-0.05, 0) is 49.7 Å². The van der Waals surface area contributed by atoms with Gasteiger partial charge in [0.1, 0.15) is 5.82 Å². The molecule has 2 aromatic carbocycles. The van der Waals surface area contributed by atoms with Crippen molar-refractivity contribution < 1.29 is 9.18 Å². The van der Waals surface area contributed by atoms with Crippen molar-refractivity contribution in [2.45, 2.75) is 25.5 Å². The molecule has 140 valence electrons. The van der Waals surface area contributed by atoms with Crippen LogP contribution in [0.15, 0.2) is 50.8 Å². The van der Waals surface area contributed by atoms with Gasteiger partial charge in [-0.25, -0.2) is 9.37 Å². The quantitative estimate of drug-likeness (QED) is 0.464. The van der Waals surface area contributed by atoms with E-state index in [4.69, 9.17) is 0 Å². The van der Waals surface area contributed by atoms with Crippen molar-refractivity contribution in [3.63, 3.8) is 0 Å². The highest BCUT2D eigenvalue weighted by atomic mass is 79.9. The van der Waals surface area contributed by atoms with E-state index in [9.17, 15) is 14.0 Å². The fourth-order valence-electron chi connectivity index (χ4n) is 2.56. The summed E-state index contributed by atoms with van der Waals surface area (Å²) >= 11 is 4.54. The summed E-state index contributed by atoms with van der Waals surface area (Å²) in [5, 5.41) is 3.65. The minimum atomic E-state index is -0.373. The lowest BCUT2D eigenvalue weighted by molar-refractivity contribution is -0.113. The van der Waals surface area contributed by atoms with Gasteiger partial charge in [-0.2, -0.15) is 0 Å². The maximum atomic E-state index is 13.6. The summed E-state index contributed by atoms with van der Waals surface area (Å²) in [5.74, 6) is -0.608. The first-order valence-electron chi connectivity index (χ1n) is 8.28. The Balaban J connectivity index is 1.79. The van der Waals surface area contributed by atoms with Crippen LogP contribution >= 0.6 is 27.7 Å². The van der Waals surface area contributed by atoms with E-state index >= 15 is 0 Å². The summed E-state index contributed by atoms with van der Waals surface area (Å²) in [6.07, 6.45) is 0. The van der Waals surface area contributed by atoms with E-state index in [1.807, 2.05) is 13.0 Å². The van der Waals surface area contributed by atoms with Crippen molar-refractivity contribution >= 4 is 50.2 Å². The van der Waals surface area contributed by atoms with Crippen molar-refractivity contribution in [2.75, 3.05) is 11.1 Å². The molecule has 0 fully saturated rings. The summed E-state index contributed by atoms with van der Waals surface area (Å²) in [7, 11) is 0. The van der Waals surface area contributed by atoms with Gasteiger partial charge in [0.15, 0.2) is 5.16 Å². The summed E-state index contributed by atoms with van der Waals surface area (Å²) in [6.45, 7) is 3.96. The Labute approximate surface area is 168 Å². The van der Waals surface area contributed by atoms with Crippen LogP contribution in [-0.2, 0) is 11.3 Å². The van der Waals surface area contributed by atoms with Crippen molar-refractivity contribution in [2.24, 2.45) is 0 Å². The third-order valence-corrected chi connectivity index (χ3v) is 5.45. The first kappa shape index (κ1) is 19.6. The van der Waals surface area contributed by atoms with Gasteiger partial charge in [-0.1, -0.05) is 33.8 Å². The Morgan fingerprint density at radius 2 is 2.07 bits per heavy atom. The molecule has 27 heavy (non-hydrogen) atoms. The highest BCUT2D eigenvalue weighted by Gasteiger charge is 2.13. The molecule has 0 radical (unpaired) electrons. The number of amides is 1. The molecule has 8 heteroatoms. The molecule has 1 heterocycles. The molecule has 0 atom stereocenters. The number of aromatic nitrogens is 2. The number of benzene rings is 2. The third-order valence-electron chi connectivity index (χ3n) is 3.99. The molecule has 0 saturated heterocycles. The first-order valence-corrected chi connectivity index (χ1v) is 10.1. The van der Waals surface area contributed by atoms with Gasteiger partial charge in [0.2, 0.25) is 5.91 Å². The summed E-state index contributed by atoms with van der Waals surface area (Å²) in [4.78, 5) is 29.4. The standard InChI is InChI=1S/C19H17BrFN3O2S/c1-3-24-18(26)14-8-12(20)5-7-16(14)23-19(24)27-10-17(25)22-13-6-4-11(2)15(21)9-13/h4-9H,3,10H2,1-2H3,(H,22,25). The minimum Gasteiger partial charge on any atom is -0.325 e. The van der Waals surface area contributed by atoms with Crippen molar-refractivity contribution in [1.82, 2.24) is 9.55 Å². The van der Waals surface area contributed by atoms with Crippen molar-refractivity contribution in [3.8, 4) is 0 Å². The third kappa shape index (κ3) is 4.39. The zero-order valence-electron chi connectivity index (χ0n) is 14.8. The molecule has 0 aliphatic heterocycles. The molecule has 3 aromatic rings. The maximum Gasteiger partial charge on any atom is 0.262 e. The predicted molar refractivity (Wildman–Crippen MR) is 110 cm³/mol. The second-order valence-corrected chi connectivity index (χ2v) is 7.76. The second-order valence-electron chi connectivity index (χ2n) is 5.91. The number of thioether (sulfide) groups is 1. The van der Waals surface area contributed by atoms with Crippen LogP contribution in [0.4, 0.5) is 10.1 Å². The SMILES string of the molecule is CCn1c(SCC(=O)Nc2ccc(C)c(F)c2)nc2ccc(Br)cc2c1=O. The lowest BCUT2D eigenvalue weighted by Crippen LogP contribution is -2.23. The van der Waals surface area contributed by atoms with Gasteiger partial charge in [-0.3, -0.25) is 14.2 Å². The van der Waals surface area contributed by atoms with E-state index in [0.29, 0.717) is 33.9 Å². The Bertz CT molecular complexity index is 1080. The van der Waals surface area contributed by atoms with Gasteiger partial charge in [-0.15, -0.1) is 0 Å². The average Bonchev–Trinajstić information content (AvgIpc) is 2.64. The van der Waals surface area contributed by atoms with E-state index in [1.165, 1.54) is 22.4 Å². The highest BCUT2D eigenvalue weighted by Crippen LogP contribution is 2.21. The van der Waals surface area contributed by atoms with Crippen LogP contribution in [0, 0.1) is 12.7 Å². The Morgan fingerprint density at radius 1 is 1.30 bits per heavy atom. The van der Waals surface area contributed by atoms with E-state index < -0.39 is 0 Å². The molecule has 0 bridgehead atoms. The van der Waals surface area contributed by atoms with Crippen molar-refractivity contribution in [3.05, 3.63) is 62.6 Å². The summed E-state index contributed by atoms with van der Waals surface area (Å²) in [6, 6.07) is 9.86. The average molecular weight is 450 g/mol. The molecule has 0 saturated carbocycles. The molecule has 0 unspecified atom stereocenters. The van der Waals surface area contributed by atoms with E-state index in [-0.39, 0.29) is 23.0 Å². The van der Waals surface area contributed by atoms with Crippen LogP contribution in [0.2, 0.25) is 0 Å². The number of nitrogens with zero attached hydrogens (tertiary/aromatic N) is 2. The summed E-state index contributed by atoms with van der Waals surface area (Å²) < 4.78 is 15.9. The topological polar surface area (TPSA) is 64.0 Å². The second kappa shape index (κ2) is 8.22. The molecular weight excluding hydrogens is 433 g/mol. The van der Waals surface area contributed by atoms with E-state index in [1.54, 1.807) is 31.2 Å². The largest absolute Gasteiger partial charge is 0.325 e. The number of carbonyl (C=O) groups excluding carboxylic acids is 1. The van der Waals surface area contributed by atoms with Crippen LogP contribution in [0.1, 0.15) is 12.5 Å². The van der Waals surface area contributed by atoms with Crippen molar-refractivity contribution in [1.29, 1.82) is 0 Å². The first-order chi connectivity index (χ1) is 12.9. The maximum absolute atomic E-state index is 13.6. The molecular formula is C19H17BrFN3O2S. The van der Waals surface area contributed by atoms with Gasteiger partial charge in [0.05, 0.1) is 16.7 Å². The summed E-state index contributed by atoms with van der Waals surface area (Å²) in [5.41, 5.74) is 1.35.